The average Bonchev–Trinajstić information content (AvgIpc) is 2.61. The van der Waals surface area contributed by atoms with Crippen LogP contribution in [0.15, 0.2) is 53.4 Å². The summed E-state index contributed by atoms with van der Waals surface area (Å²) in [6.45, 7) is 0.417. The van der Waals surface area contributed by atoms with Crippen molar-refractivity contribution < 1.29 is 13.9 Å². The minimum absolute atomic E-state index is 0.121. The Bertz CT molecular complexity index is 714. The van der Waals surface area contributed by atoms with Crippen LogP contribution in [0.25, 0.3) is 0 Å². The zero-order chi connectivity index (χ0) is 17.2. The number of para-hydroxylation sites is 1. The third kappa shape index (κ3) is 5.94. The molecule has 0 radical (unpaired) electrons. The highest BCUT2D eigenvalue weighted by atomic mass is 32.2. The highest BCUT2D eigenvalue weighted by Crippen LogP contribution is 2.18. The Morgan fingerprint density at radius 1 is 1.21 bits per heavy atom. The molecule has 0 unspecified atom stereocenters. The van der Waals surface area contributed by atoms with Crippen molar-refractivity contribution in [3.8, 4) is 11.8 Å². The Balaban J connectivity index is 1.61. The van der Waals surface area contributed by atoms with E-state index >= 15 is 0 Å². The van der Waals surface area contributed by atoms with Crippen LogP contribution < -0.4 is 10.1 Å². The van der Waals surface area contributed by atoms with E-state index in [9.17, 15) is 9.18 Å². The Labute approximate surface area is 144 Å². The smallest absolute Gasteiger partial charge is 0.257 e. The van der Waals surface area contributed by atoms with Crippen molar-refractivity contribution in [3.63, 3.8) is 0 Å². The molecule has 1 amide bonds. The summed E-state index contributed by atoms with van der Waals surface area (Å²) in [6.07, 6.45) is 0.794. The maximum atomic E-state index is 12.8. The summed E-state index contributed by atoms with van der Waals surface area (Å²) in [5.41, 5.74) is 0.404. The summed E-state index contributed by atoms with van der Waals surface area (Å²) in [5.74, 6) is 0.755. The van der Waals surface area contributed by atoms with Crippen molar-refractivity contribution in [1.29, 1.82) is 5.26 Å². The molecule has 2 aromatic rings. The van der Waals surface area contributed by atoms with Gasteiger partial charge in [-0.1, -0.05) is 12.1 Å². The van der Waals surface area contributed by atoms with E-state index in [1.54, 1.807) is 48.2 Å². The lowest BCUT2D eigenvalue weighted by Crippen LogP contribution is -2.30. The van der Waals surface area contributed by atoms with E-state index in [-0.39, 0.29) is 18.3 Å². The van der Waals surface area contributed by atoms with E-state index in [4.69, 9.17) is 10.00 Å². The van der Waals surface area contributed by atoms with Gasteiger partial charge in [-0.3, -0.25) is 4.79 Å². The van der Waals surface area contributed by atoms with E-state index < -0.39 is 0 Å². The fourth-order valence-electron chi connectivity index (χ4n) is 1.90. The van der Waals surface area contributed by atoms with Crippen molar-refractivity contribution in [1.82, 2.24) is 5.32 Å². The SMILES string of the molecule is N#Cc1ccccc1OCC(=O)NCCCSc1ccc(F)cc1. The van der Waals surface area contributed by atoms with Crippen LogP contribution in [0, 0.1) is 17.1 Å². The normalized spacial score (nSPS) is 10.0. The number of ether oxygens (including phenoxy) is 1. The van der Waals surface area contributed by atoms with E-state index in [2.05, 4.69) is 5.32 Å². The number of rotatable bonds is 8. The maximum Gasteiger partial charge on any atom is 0.257 e. The Kier molecular flexibility index (Phi) is 7.12. The molecule has 0 fully saturated rings. The Morgan fingerprint density at radius 3 is 2.71 bits per heavy atom. The molecule has 0 spiro atoms. The molecule has 0 aliphatic heterocycles. The predicted molar refractivity (Wildman–Crippen MR) is 91.4 cm³/mol. The summed E-state index contributed by atoms with van der Waals surface area (Å²) in [7, 11) is 0. The van der Waals surface area contributed by atoms with Gasteiger partial charge in [-0.25, -0.2) is 4.39 Å². The van der Waals surface area contributed by atoms with Crippen LogP contribution in [0.5, 0.6) is 5.75 Å². The van der Waals surface area contributed by atoms with Crippen LogP contribution in [-0.4, -0.2) is 24.8 Å². The summed E-state index contributed by atoms with van der Waals surface area (Å²) in [5, 5.41) is 11.7. The van der Waals surface area contributed by atoms with Gasteiger partial charge >= 0.3 is 0 Å². The number of halogens is 1. The Morgan fingerprint density at radius 2 is 1.96 bits per heavy atom. The predicted octanol–water partition coefficient (Wildman–Crippen LogP) is 3.37. The molecule has 0 aromatic heterocycles. The quantitative estimate of drug-likeness (QED) is 0.589. The zero-order valence-electron chi connectivity index (χ0n) is 13.0. The van der Waals surface area contributed by atoms with Crippen molar-refractivity contribution in [2.24, 2.45) is 0 Å². The number of hydrogen-bond donors (Lipinski definition) is 1. The molecule has 2 aromatic carbocycles. The van der Waals surface area contributed by atoms with E-state index in [0.717, 1.165) is 17.1 Å². The second-order valence-electron chi connectivity index (χ2n) is 4.90. The number of amides is 1. The molecule has 4 nitrogen and oxygen atoms in total. The summed E-state index contributed by atoms with van der Waals surface area (Å²) >= 11 is 1.61. The minimum atomic E-state index is -0.246. The first-order valence-electron chi connectivity index (χ1n) is 7.46. The lowest BCUT2D eigenvalue weighted by molar-refractivity contribution is -0.123. The van der Waals surface area contributed by atoms with Crippen LogP contribution in [0.2, 0.25) is 0 Å². The van der Waals surface area contributed by atoms with Gasteiger partial charge in [0.05, 0.1) is 5.56 Å². The molecule has 0 heterocycles. The van der Waals surface area contributed by atoms with Crippen molar-refractivity contribution in [2.45, 2.75) is 11.3 Å². The van der Waals surface area contributed by atoms with E-state index in [1.807, 2.05) is 6.07 Å². The van der Waals surface area contributed by atoms with Crippen molar-refractivity contribution in [3.05, 3.63) is 59.9 Å². The fraction of sp³-hybridized carbons (Fsp3) is 0.222. The molecule has 0 atom stereocenters. The van der Waals surface area contributed by atoms with Gasteiger partial charge in [-0.05, 0) is 48.6 Å². The van der Waals surface area contributed by atoms with E-state index in [1.165, 1.54) is 12.1 Å². The molecule has 0 aliphatic carbocycles. The molecule has 1 N–H and O–H groups in total. The van der Waals surface area contributed by atoms with Crippen LogP contribution in [0.4, 0.5) is 4.39 Å². The highest BCUT2D eigenvalue weighted by Gasteiger charge is 2.05. The van der Waals surface area contributed by atoms with E-state index in [0.29, 0.717) is 17.9 Å². The number of nitrogens with zero attached hydrogens (tertiary/aromatic N) is 1. The second kappa shape index (κ2) is 9.58. The van der Waals surface area contributed by atoms with Gasteiger partial charge < -0.3 is 10.1 Å². The lowest BCUT2D eigenvalue weighted by atomic mass is 10.2. The van der Waals surface area contributed by atoms with Gasteiger partial charge in [-0.2, -0.15) is 5.26 Å². The number of hydrogen-bond acceptors (Lipinski definition) is 4. The average molecular weight is 344 g/mol. The van der Waals surface area contributed by atoms with Gasteiger partial charge in [0.25, 0.3) is 5.91 Å². The molecular formula is C18H17FN2O2S. The molecule has 124 valence electrons. The second-order valence-corrected chi connectivity index (χ2v) is 6.07. The molecule has 0 saturated carbocycles. The van der Waals surface area contributed by atoms with Gasteiger partial charge in [0, 0.05) is 11.4 Å². The highest BCUT2D eigenvalue weighted by molar-refractivity contribution is 7.99. The first-order valence-corrected chi connectivity index (χ1v) is 8.44. The first-order chi connectivity index (χ1) is 11.7. The number of carbonyl (C=O) groups excluding carboxylic acids is 1. The number of nitrogens with one attached hydrogen (secondary N) is 1. The zero-order valence-corrected chi connectivity index (χ0v) is 13.8. The Hall–Kier alpha value is -2.52. The maximum absolute atomic E-state index is 12.8. The van der Waals surface area contributed by atoms with Gasteiger partial charge in [0.15, 0.2) is 6.61 Å². The molecule has 0 saturated heterocycles. The monoisotopic (exact) mass is 344 g/mol. The number of nitriles is 1. The molecule has 0 bridgehead atoms. The largest absolute Gasteiger partial charge is 0.482 e. The minimum Gasteiger partial charge on any atom is -0.482 e. The lowest BCUT2D eigenvalue weighted by Gasteiger charge is -2.08. The standard InChI is InChI=1S/C18H17FN2O2S/c19-15-6-8-16(9-7-15)24-11-3-10-21-18(22)13-23-17-5-2-1-4-14(17)12-20/h1-2,4-9H,3,10-11,13H2,(H,21,22). The molecule has 24 heavy (non-hydrogen) atoms. The van der Waals surface area contributed by atoms with Crippen LogP contribution >= 0.6 is 11.8 Å². The third-order valence-corrected chi connectivity index (χ3v) is 4.19. The molecule has 2 rings (SSSR count). The van der Waals surface area contributed by atoms with Crippen molar-refractivity contribution in [2.75, 3.05) is 18.9 Å². The molecule has 0 aliphatic rings. The van der Waals surface area contributed by atoms with Crippen LogP contribution in [0.3, 0.4) is 0 Å². The van der Waals surface area contributed by atoms with Gasteiger partial charge in [-0.15, -0.1) is 11.8 Å². The molecule has 6 heteroatoms. The first kappa shape index (κ1) is 17.8. The van der Waals surface area contributed by atoms with Gasteiger partial charge in [0.1, 0.15) is 17.6 Å². The summed E-state index contributed by atoms with van der Waals surface area (Å²) in [4.78, 5) is 12.7. The number of benzene rings is 2. The van der Waals surface area contributed by atoms with Crippen LogP contribution in [-0.2, 0) is 4.79 Å². The number of thioether (sulfide) groups is 1. The number of carbonyl (C=O) groups is 1. The fourth-order valence-corrected chi connectivity index (χ4v) is 2.75. The van der Waals surface area contributed by atoms with Gasteiger partial charge in [0.2, 0.25) is 0 Å². The summed E-state index contributed by atoms with van der Waals surface area (Å²) < 4.78 is 18.1. The topological polar surface area (TPSA) is 62.1 Å². The molecular weight excluding hydrogens is 327 g/mol. The van der Waals surface area contributed by atoms with Crippen LogP contribution in [0.1, 0.15) is 12.0 Å². The van der Waals surface area contributed by atoms with Crippen molar-refractivity contribution >= 4 is 17.7 Å². The summed E-state index contributed by atoms with van der Waals surface area (Å²) in [6, 6.07) is 15.1. The third-order valence-electron chi connectivity index (χ3n) is 3.09.